The molecule has 0 fully saturated rings. The molecule has 0 amide bonds. The average molecular weight is 180 g/mol. The number of rotatable bonds is 1. The maximum absolute atomic E-state index is 4.22. The van der Waals surface area contributed by atoms with Crippen molar-refractivity contribution < 1.29 is 0 Å². The highest BCUT2D eigenvalue weighted by atomic mass is 15.3. The summed E-state index contributed by atoms with van der Waals surface area (Å²) >= 11 is 0. The zero-order valence-corrected chi connectivity index (χ0v) is 8.49. The van der Waals surface area contributed by atoms with Crippen LogP contribution in [0.3, 0.4) is 0 Å². The standard InChI is InChI=1S/C9H16N4/c1-7(2)9-11-10-8-6-12(3)4-5-13(8)9/h7H,4-6H2,1-3H3. The van der Waals surface area contributed by atoms with Gasteiger partial charge in [0.15, 0.2) is 0 Å². The first-order valence-electron chi connectivity index (χ1n) is 4.79. The van der Waals surface area contributed by atoms with Crippen LogP contribution < -0.4 is 0 Å². The number of aromatic nitrogens is 3. The molecule has 4 heteroatoms. The van der Waals surface area contributed by atoms with E-state index in [9.17, 15) is 0 Å². The summed E-state index contributed by atoms with van der Waals surface area (Å²) in [6, 6.07) is 0. The van der Waals surface area contributed by atoms with Gasteiger partial charge in [0, 0.05) is 19.0 Å². The SMILES string of the molecule is CC(C)c1nnc2n1CCN(C)C2. The van der Waals surface area contributed by atoms with Crippen LogP contribution in [0, 0.1) is 0 Å². The minimum absolute atomic E-state index is 0.477. The van der Waals surface area contributed by atoms with E-state index < -0.39 is 0 Å². The van der Waals surface area contributed by atoms with Crippen molar-refractivity contribution in [3.8, 4) is 0 Å². The minimum Gasteiger partial charge on any atom is -0.312 e. The molecule has 1 aromatic heterocycles. The Balaban J connectivity index is 2.33. The van der Waals surface area contributed by atoms with Crippen LogP contribution in [0.15, 0.2) is 0 Å². The summed E-state index contributed by atoms with van der Waals surface area (Å²) in [6.07, 6.45) is 0. The molecule has 0 saturated carbocycles. The van der Waals surface area contributed by atoms with Gasteiger partial charge >= 0.3 is 0 Å². The van der Waals surface area contributed by atoms with Crippen LogP contribution in [0.2, 0.25) is 0 Å². The Morgan fingerprint density at radius 1 is 1.23 bits per heavy atom. The van der Waals surface area contributed by atoms with Gasteiger partial charge in [-0.05, 0) is 7.05 Å². The first-order chi connectivity index (χ1) is 6.18. The molecule has 1 aliphatic heterocycles. The maximum Gasteiger partial charge on any atom is 0.147 e. The summed E-state index contributed by atoms with van der Waals surface area (Å²) in [5.41, 5.74) is 0. The zero-order valence-electron chi connectivity index (χ0n) is 8.49. The number of nitrogens with zero attached hydrogens (tertiary/aromatic N) is 4. The van der Waals surface area contributed by atoms with Crippen LogP contribution in [0.4, 0.5) is 0 Å². The molecule has 2 heterocycles. The summed E-state index contributed by atoms with van der Waals surface area (Å²) < 4.78 is 2.25. The first kappa shape index (κ1) is 8.69. The van der Waals surface area contributed by atoms with Gasteiger partial charge in [-0.1, -0.05) is 13.8 Å². The van der Waals surface area contributed by atoms with E-state index in [1.807, 2.05) is 0 Å². The lowest BCUT2D eigenvalue weighted by Crippen LogP contribution is -2.31. The van der Waals surface area contributed by atoms with Crippen molar-refractivity contribution in [1.82, 2.24) is 19.7 Å². The van der Waals surface area contributed by atoms with Crippen LogP contribution in [0.5, 0.6) is 0 Å². The van der Waals surface area contributed by atoms with Crippen molar-refractivity contribution in [2.75, 3.05) is 13.6 Å². The van der Waals surface area contributed by atoms with Gasteiger partial charge in [-0.3, -0.25) is 4.90 Å². The quantitative estimate of drug-likeness (QED) is 0.642. The fourth-order valence-corrected chi connectivity index (χ4v) is 1.73. The van der Waals surface area contributed by atoms with E-state index in [1.165, 1.54) is 0 Å². The number of hydrogen-bond donors (Lipinski definition) is 0. The predicted octanol–water partition coefficient (Wildman–Crippen LogP) is 0.847. The molecule has 0 N–H and O–H groups in total. The van der Waals surface area contributed by atoms with E-state index in [1.54, 1.807) is 0 Å². The van der Waals surface area contributed by atoms with Crippen molar-refractivity contribution >= 4 is 0 Å². The molecule has 0 aromatic carbocycles. The van der Waals surface area contributed by atoms with Gasteiger partial charge in [-0.25, -0.2) is 0 Å². The summed E-state index contributed by atoms with van der Waals surface area (Å²) in [4.78, 5) is 2.27. The van der Waals surface area contributed by atoms with Gasteiger partial charge in [-0.15, -0.1) is 10.2 Å². The monoisotopic (exact) mass is 180 g/mol. The summed E-state index contributed by atoms with van der Waals surface area (Å²) in [7, 11) is 2.12. The van der Waals surface area contributed by atoms with E-state index in [4.69, 9.17) is 0 Å². The predicted molar refractivity (Wildman–Crippen MR) is 50.4 cm³/mol. The Bertz CT molecular complexity index is 303. The van der Waals surface area contributed by atoms with E-state index in [0.29, 0.717) is 5.92 Å². The third-order valence-electron chi connectivity index (χ3n) is 2.49. The summed E-state index contributed by atoms with van der Waals surface area (Å²) in [5.74, 6) is 2.71. The second-order valence-corrected chi connectivity index (χ2v) is 4.02. The Morgan fingerprint density at radius 3 is 2.69 bits per heavy atom. The van der Waals surface area contributed by atoms with Crippen molar-refractivity contribution in [2.24, 2.45) is 0 Å². The van der Waals surface area contributed by atoms with Crippen molar-refractivity contribution in [1.29, 1.82) is 0 Å². The molecule has 1 aliphatic rings. The molecule has 0 saturated heterocycles. The Hall–Kier alpha value is -0.900. The van der Waals surface area contributed by atoms with Crippen LogP contribution in [-0.4, -0.2) is 33.3 Å². The molecule has 13 heavy (non-hydrogen) atoms. The average Bonchev–Trinajstić information content (AvgIpc) is 2.46. The lowest BCUT2D eigenvalue weighted by atomic mass is 10.2. The Morgan fingerprint density at radius 2 is 2.00 bits per heavy atom. The second kappa shape index (κ2) is 3.10. The molecule has 1 aromatic rings. The number of hydrogen-bond acceptors (Lipinski definition) is 3. The highest BCUT2D eigenvalue weighted by Crippen LogP contribution is 2.16. The summed E-state index contributed by atoms with van der Waals surface area (Å²) in [5, 5.41) is 8.42. The third kappa shape index (κ3) is 1.46. The van der Waals surface area contributed by atoms with Crippen molar-refractivity contribution in [3.05, 3.63) is 11.6 Å². The van der Waals surface area contributed by atoms with Gasteiger partial charge in [0.05, 0.1) is 6.54 Å². The molecule has 0 unspecified atom stereocenters. The molecule has 4 nitrogen and oxygen atoms in total. The van der Waals surface area contributed by atoms with Crippen molar-refractivity contribution in [2.45, 2.75) is 32.9 Å². The molecule has 0 aliphatic carbocycles. The lowest BCUT2D eigenvalue weighted by molar-refractivity contribution is 0.261. The molecule has 0 atom stereocenters. The Kier molecular flexibility index (Phi) is 2.07. The van der Waals surface area contributed by atoms with Gasteiger partial charge in [0.25, 0.3) is 0 Å². The van der Waals surface area contributed by atoms with Gasteiger partial charge in [0.2, 0.25) is 0 Å². The molecule has 0 bridgehead atoms. The molecule has 0 spiro atoms. The number of fused-ring (bicyclic) bond motifs is 1. The smallest absolute Gasteiger partial charge is 0.147 e. The van der Waals surface area contributed by atoms with E-state index in [2.05, 4.69) is 40.6 Å². The van der Waals surface area contributed by atoms with Crippen LogP contribution >= 0.6 is 0 Å². The third-order valence-corrected chi connectivity index (χ3v) is 2.49. The van der Waals surface area contributed by atoms with Crippen LogP contribution in [-0.2, 0) is 13.1 Å². The second-order valence-electron chi connectivity index (χ2n) is 4.02. The van der Waals surface area contributed by atoms with E-state index in [-0.39, 0.29) is 0 Å². The fraction of sp³-hybridized carbons (Fsp3) is 0.778. The zero-order chi connectivity index (χ0) is 9.42. The molecule has 72 valence electrons. The van der Waals surface area contributed by atoms with Crippen LogP contribution in [0.25, 0.3) is 0 Å². The largest absolute Gasteiger partial charge is 0.312 e. The lowest BCUT2D eigenvalue weighted by Gasteiger charge is -2.24. The Labute approximate surface area is 78.6 Å². The minimum atomic E-state index is 0.477. The fourth-order valence-electron chi connectivity index (χ4n) is 1.73. The van der Waals surface area contributed by atoms with E-state index >= 15 is 0 Å². The van der Waals surface area contributed by atoms with Crippen molar-refractivity contribution in [3.63, 3.8) is 0 Å². The molecular formula is C9H16N4. The van der Waals surface area contributed by atoms with Gasteiger partial charge in [0.1, 0.15) is 11.6 Å². The highest BCUT2D eigenvalue weighted by Gasteiger charge is 2.19. The molecule has 2 rings (SSSR count). The topological polar surface area (TPSA) is 34.0 Å². The highest BCUT2D eigenvalue weighted by molar-refractivity contribution is 5.02. The van der Waals surface area contributed by atoms with Gasteiger partial charge in [-0.2, -0.15) is 0 Å². The molecular weight excluding hydrogens is 164 g/mol. The molecule has 0 radical (unpaired) electrons. The normalized spacial score (nSPS) is 17.8. The first-order valence-corrected chi connectivity index (χ1v) is 4.79. The van der Waals surface area contributed by atoms with Crippen LogP contribution in [0.1, 0.15) is 31.4 Å². The summed E-state index contributed by atoms with van der Waals surface area (Å²) in [6.45, 7) is 7.39. The van der Waals surface area contributed by atoms with Gasteiger partial charge < -0.3 is 4.57 Å². The van der Waals surface area contributed by atoms with E-state index in [0.717, 1.165) is 31.3 Å². The number of likely N-dealkylation sites (N-methyl/N-ethyl adjacent to an activating group) is 1. The maximum atomic E-state index is 4.22.